The fraction of sp³-hybridized carbons (Fsp3) is 0.545. The van der Waals surface area contributed by atoms with Crippen molar-refractivity contribution in [3.63, 3.8) is 0 Å². The van der Waals surface area contributed by atoms with Crippen molar-refractivity contribution < 1.29 is 24.8 Å². The number of carboxylic acids is 1. The quantitative estimate of drug-likeness (QED) is 0.130. The number of carbonyl (C=O) groups excluding carboxylic acids is 2. The predicted molar refractivity (Wildman–Crippen MR) is 109 cm³/mol. The van der Waals surface area contributed by atoms with Crippen LogP contribution in [-0.2, 0) is 14.5 Å². The van der Waals surface area contributed by atoms with Crippen LogP contribution in [0.25, 0.3) is 0 Å². The van der Waals surface area contributed by atoms with Crippen molar-refractivity contribution in [3.05, 3.63) is 48.6 Å². The summed E-state index contributed by atoms with van der Waals surface area (Å²) in [6.45, 7) is 1.71. The van der Waals surface area contributed by atoms with Gasteiger partial charge in [-0.2, -0.15) is 0 Å². The standard InChI is InChI=1S/C22H35NO5/c1-2-3-13-16-20(28-27)17-14-11-9-7-5-4-6-8-10-12-15-18-21(24)23-19-22(25)26/h4-5,8-11,14,17,20,27H,2-3,6-7,12-13,15-16,18-19H2,1H3,(H,23,24)(H,25,26)/p-1/b5-4-,10-8-,11-9-,17-14+/t20-/m0/s1. The van der Waals surface area contributed by atoms with E-state index in [4.69, 9.17) is 5.26 Å². The molecule has 0 aliphatic carbocycles. The van der Waals surface area contributed by atoms with E-state index >= 15 is 0 Å². The minimum absolute atomic E-state index is 0.239. The van der Waals surface area contributed by atoms with E-state index in [0.29, 0.717) is 12.8 Å². The van der Waals surface area contributed by atoms with Gasteiger partial charge in [0.1, 0.15) is 6.10 Å². The highest BCUT2D eigenvalue weighted by atomic mass is 17.1. The van der Waals surface area contributed by atoms with E-state index in [1.54, 1.807) is 0 Å². The Kier molecular flexibility index (Phi) is 18.1. The van der Waals surface area contributed by atoms with Gasteiger partial charge < -0.3 is 15.2 Å². The number of carbonyl (C=O) groups is 2. The normalized spacial score (nSPS) is 13.2. The van der Waals surface area contributed by atoms with Crippen molar-refractivity contribution in [1.29, 1.82) is 0 Å². The Morgan fingerprint density at radius 2 is 1.75 bits per heavy atom. The van der Waals surface area contributed by atoms with Gasteiger partial charge in [-0.3, -0.25) is 10.1 Å². The van der Waals surface area contributed by atoms with Gasteiger partial charge in [0.15, 0.2) is 0 Å². The second-order valence-electron chi connectivity index (χ2n) is 6.41. The Balaban J connectivity index is 3.71. The zero-order valence-electron chi connectivity index (χ0n) is 16.8. The number of rotatable bonds is 17. The molecule has 1 atom stereocenters. The summed E-state index contributed by atoms with van der Waals surface area (Å²) in [4.78, 5) is 25.9. The molecule has 0 saturated heterocycles. The fourth-order valence-corrected chi connectivity index (χ4v) is 2.33. The average molecular weight is 393 g/mol. The van der Waals surface area contributed by atoms with E-state index in [1.807, 2.05) is 36.5 Å². The Bertz CT molecular complexity index is 523. The first-order valence-corrected chi connectivity index (χ1v) is 10.00. The number of allylic oxidation sites excluding steroid dienone is 7. The molecule has 0 aromatic carbocycles. The molecule has 6 heteroatoms. The minimum Gasteiger partial charge on any atom is -0.548 e. The molecule has 0 bridgehead atoms. The maximum atomic E-state index is 11.3. The Hall–Kier alpha value is -2.18. The van der Waals surface area contributed by atoms with E-state index in [-0.39, 0.29) is 12.0 Å². The van der Waals surface area contributed by atoms with Crippen LogP contribution in [0.1, 0.15) is 64.7 Å². The first-order chi connectivity index (χ1) is 13.6. The molecule has 28 heavy (non-hydrogen) atoms. The Morgan fingerprint density at radius 1 is 1.04 bits per heavy atom. The van der Waals surface area contributed by atoms with Gasteiger partial charge in [-0.15, -0.1) is 0 Å². The van der Waals surface area contributed by atoms with Gasteiger partial charge in [0.25, 0.3) is 0 Å². The van der Waals surface area contributed by atoms with E-state index in [1.165, 1.54) is 0 Å². The van der Waals surface area contributed by atoms with Crippen LogP contribution in [0.4, 0.5) is 0 Å². The predicted octanol–water partition coefficient (Wildman–Crippen LogP) is 3.47. The lowest BCUT2D eigenvalue weighted by Crippen LogP contribution is -2.37. The van der Waals surface area contributed by atoms with E-state index in [0.717, 1.165) is 44.9 Å². The third kappa shape index (κ3) is 18.6. The highest BCUT2D eigenvalue weighted by molar-refractivity contribution is 5.80. The number of aliphatic carboxylic acids is 1. The zero-order chi connectivity index (χ0) is 20.9. The zero-order valence-corrected chi connectivity index (χ0v) is 16.8. The molecule has 0 heterocycles. The van der Waals surface area contributed by atoms with Crippen molar-refractivity contribution in [1.82, 2.24) is 5.32 Å². The maximum absolute atomic E-state index is 11.3. The Labute approximate surface area is 168 Å². The lowest BCUT2D eigenvalue weighted by molar-refractivity contribution is -0.304. The lowest BCUT2D eigenvalue weighted by Gasteiger charge is -2.07. The molecule has 0 saturated carbocycles. The number of nitrogens with one attached hydrogen (secondary N) is 1. The molecule has 0 aliphatic rings. The minimum atomic E-state index is -1.28. The van der Waals surface area contributed by atoms with Crippen LogP contribution in [0.15, 0.2) is 48.6 Å². The summed E-state index contributed by atoms with van der Waals surface area (Å²) >= 11 is 0. The first kappa shape index (κ1) is 25.8. The molecule has 0 aromatic heterocycles. The largest absolute Gasteiger partial charge is 0.548 e. The Morgan fingerprint density at radius 3 is 2.43 bits per heavy atom. The van der Waals surface area contributed by atoms with Crippen molar-refractivity contribution in [2.24, 2.45) is 0 Å². The SMILES string of the molecule is CCCCC[C@@H](/C=C/C=C\C/C=C\C/C=C\CCCC(=O)NCC(=O)[O-])OO. The van der Waals surface area contributed by atoms with Crippen LogP contribution < -0.4 is 10.4 Å². The molecular formula is C22H34NO5-. The van der Waals surface area contributed by atoms with Crippen molar-refractivity contribution in [2.45, 2.75) is 70.8 Å². The van der Waals surface area contributed by atoms with Gasteiger partial charge in [-0.25, -0.2) is 4.89 Å². The van der Waals surface area contributed by atoms with Gasteiger partial charge in [0.2, 0.25) is 5.91 Å². The highest BCUT2D eigenvalue weighted by Gasteiger charge is 2.02. The van der Waals surface area contributed by atoms with Crippen LogP contribution in [0.3, 0.4) is 0 Å². The summed E-state index contributed by atoms with van der Waals surface area (Å²) in [6.07, 6.45) is 23.3. The molecule has 2 N–H and O–H groups in total. The fourth-order valence-electron chi connectivity index (χ4n) is 2.33. The average Bonchev–Trinajstić information content (AvgIpc) is 2.68. The highest BCUT2D eigenvalue weighted by Crippen LogP contribution is 2.07. The van der Waals surface area contributed by atoms with Crippen LogP contribution in [0, 0.1) is 0 Å². The maximum Gasteiger partial charge on any atom is 0.220 e. The van der Waals surface area contributed by atoms with Crippen molar-refractivity contribution >= 4 is 11.9 Å². The number of hydrogen-bond donors (Lipinski definition) is 2. The number of carboxylic acid groups (broad SMARTS) is 1. The number of amides is 1. The smallest absolute Gasteiger partial charge is 0.220 e. The van der Waals surface area contributed by atoms with Gasteiger partial charge in [0, 0.05) is 6.42 Å². The van der Waals surface area contributed by atoms with Crippen molar-refractivity contribution in [2.75, 3.05) is 6.54 Å². The summed E-state index contributed by atoms with van der Waals surface area (Å²) in [6, 6.07) is 0. The molecule has 0 fully saturated rings. The van der Waals surface area contributed by atoms with E-state index in [9.17, 15) is 14.7 Å². The van der Waals surface area contributed by atoms with Gasteiger partial charge in [0.05, 0.1) is 12.5 Å². The molecule has 1 amide bonds. The molecule has 0 rings (SSSR count). The van der Waals surface area contributed by atoms with Crippen LogP contribution in [0.2, 0.25) is 0 Å². The molecular weight excluding hydrogens is 358 g/mol. The summed E-state index contributed by atoms with van der Waals surface area (Å²) in [5, 5.41) is 21.3. The first-order valence-electron chi connectivity index (χ1n) is 10.00. The van der Waals surface area contributed by atoms with Gasteiger partial charge >= 0.3 is 0 Å². The van der Waals surface area contributed by atoms with Crippen molar-refractivity contribution in [3.8, 4) is 0 Å². The van der Waals surface area contributed by atoms with E-state index < -0.39 is 12.5 Å². The molecule has 0 aliphatic heterocycles. The van der Waals surface area contributed by atoms with E-state index in [2.05, 4.69) is 29.3 Å². The van der Waals surface area contributed by atoms with Gasteiger partial charge in [-0.05, 0) is 32.1 Å². The molecule has 0 radical (unpaired) electrons. The lowest BCUT2D eigenvalue weighted by atomic mass is 10.1. The van der Waals surface area contributed by atoms with Crippen LogP contribution in [-0.4, -0.2) is 29.8 Å². The summed E-state index contributed by atoms with van der Waals surface area (Å²) in [7, 11) is 0. The second-order valence-corrected chi connectivity index (χ2v) is 6.41. The van der Waals surface area contributed by atoms with Crippen LogP contribution >= 0.6 is 0 Å². The second kappa shape index (κ2) is 19.6. The summed E-state index contributed by atoms with van der Waals surface area (Å²) in [5.74, 6) is -1.55. The van der Waals surface area contributed by atoms with Crippen LogP contribution in [0.5, 0.6) is 0 Å². The molecule has 158 valence electrons. The molecule has 6 nitrogen and oxygen atoms in total. The number of hydrogen-bond acceptors (Lipinski definition) is 5. The summed E-state index contributed by atoms with van der Waals surface area (Å²) in [5.41, 5.74) is 0. The molecule has 0 unspecified atom stereocenters. The number of unbranched alkanes of at least 4 members (excludes halogenated alkanes) is 3. The molecule has 0 spiro atoms. The third-order valence-electron chi connectivity index (χ3n) is 3.88. The topological polar surface area (TPSA) is 98.7 Å². The molecule has 0 aromatic rings. The third-order valence-corrected chi connectivity index (χ3v) is 3.88. The van der Waals surface area contributed by atoms with Gasteiger partial charge in [-0.1, -0.05) is 74.8 Å². The monoisotopic (exact) mass is 392 g/mol. The summed E-state index contributed by atoms with van der Waals surface area (Å²) < 4.78 is 0.